The second kappa shape index (κ2) is 9.47. The largest absolute Gasteiger partial charge is 0.485 e. The summed E-state index contributed by atoms with van der Waals surface area (Å²) in [7, 11) is 0. The fraction of sp³-hybridized carbons (Fsp3) is 0.440. The maximum absolute atomic E-state index is 6.32. The number of anilines is 1. The van der Waals surface area contributed by atoms with E-state index in [9.17, 15) is 0 Å². The van der Waals surface area contributed by atoms with Crippen LogP contribution in [0.5, 0.6) is 5.75 Å². The second-order valence-corrected chi connectivity index (χ2v) is 7.94. The van der Waals surface area contributed by atoms with Gasteiger partial charge in [-0.25, -0.2) is 0 Å². The van der Waals surface area contributed by atoms with Gasteiger partial charge in [-0.05, 0) is 63.9 Å². The Labute approximate surface area is 174 Å². The van der Waals surface area contributed by atoms with Crippen molar-refractivity contribution in [3.63, 3.8) is 0 Å². The maximum atomic E-state index is 6.32. The van der Waals surface area contributed by atoms with E-state index in [1.807, 2.05) is 32.1 Å². The van der Waals surface area contributed by atoms with Crippen molar-refractivity contribution >= 4 is 5.69 Å². The van der Waals surface area contributed by atoms with Crippen molar-refractivity contribution in [2.45, 2.75) is 59.0 Å². The van der Waals surface area contributed by atoms with Gasteiger partial charge in [-0.3, -0.25) is 0 Å². The summed E-state index contributed by atoms with van der Waals surface area (Å²) in [5.41, 5.74) is 4.17. The van der Waals surface area contributed by atoms with Gasteiger partial charge in [0.05, 0.1) is 6.61 Å². The summed E-state index contributed by atoms with van der Waals surface area (Å²) in [6.07, 6.45) is 3.63. The second-order valence-electron chi connectivity index (χ2n) is 7.94. The molecule has 0 aromatic heterocycles. The Bertz CT molecular complexity index is 844. The molecule has 0 aliphatic carbocycles. The van der Waals surface area contributed by atoms with Crippen LogP contribution in [0, 0.1) is 6.92 Å². The molecule has 0 fully saturated rings. The summed E-state index contributed by atoms with van der Waals surface area (Å²) < 4.78 is 18.7. The van der Waals surface area contributed by atoms with Crippen LogP contribution < -0.4 is 10.1 Å². The van der Waals surface area contributed by atoms with Gasteiger partial charge < -0.3 is 19.5 Å². The monoisotopic (exact) mass is 395 g/mol. The lowest BCUT2D eigenvalue weighted by atomic mass is 9.88. The van der Waals surface area contributed by atoms with Crippen molar-refractivity contribution in [1.82, 2.24) is 0 Å². The molecule has 1 heterocycles. The average molecular weight is 396 g/mol. The lowest BCUT2D eigenvalue weighted by Crippen LogP contribution is -2.51. The highest BCUT2D eigenvalue weighted by molar-refractivity contribution is 5.54. The van der Waals surface area contributed by atoms with Crippen LogP contribution in [0.4, 0.5) is 5.69 Å². The quantitative estimate of drug-likeness (QED) is 0.572. The number of hydrogen-bond acceptors (Lipinski definition) is 4. The van der Waals surface area contributed by atoms with Gasteiger partial charge in [-0.1, -0.05) is 36.4 Å². The van der Waals surface area contributed by atoms with Crippen molar-refractivity contribution in [2.75, 3.05) is 18.5 Å². The van der Waals surface area contributed by atoms with E-state index in [2.05, 4.69) is 62.5 Å². The summed E-state index contributed by atoms with van der Waals surface area (Å²) in [5, 5.41) is 3.54. The number of ether oxygens (including phenoxy) is 3. The molecule has 0 saturated carbocycles. The summed E-state index contributed by atoms with van der Waals surface area (Å²) in [6.45, 7) is 12.2. The molecule has 0 bridgehead atoms. The van der Waals surface area contributed by atoms with Crippen LogP contribution in [0.1, 0.15) is 50.5 Å². The number of aryl methyl sites for hydroxylation is 1. The highest BCUT2D eigenvalue weighted by atomic mass is 16.6. The van der Waals surface area contributed by atoms with Crippen molar-refractivity contribution in [3.8, 4) is 5.75 Å². The molecular formula is C25H33NO3. The van der Waals surface area contributed by atoms with Crippen LogP contribution in [0.3, 0.4) is 0 Å². The molecule has 156 valence electrons. The van der Waals surface area contributed by atoms with Gasteiger partial charge >= 0.3 is 0 Å². The number of allylic oxidation sites excluding steroid dienone is 1. The third kappa shape index (κ3) is 5.01. The SMILES string of the molecule is C/C=C/COC1C(OCC)c2cc(NCc3ccccc3C)ccc2OC1(C)C. The van der Waals surface area contributed by atoms with Gasteiger partial charge in [0, 0.05) is 24.4 Å². The van der Waals surface area contributed by atoms with Gasteiger partial charge in [-0.2, -0.15) is 0 Å². The van der Waals surface area contributed by atoms with E-state index in [1.165, 1.54) is 11.1 Å². The van der Waals surface area contributed by atoms with E-state index in [1.54, 1.807) is 0 Å². The normalized spacial score (nSPS) is 20.3. The van der Waals surface area contributed by atoms with Crippen LogP contribution in [-0.2, 0) is 16.0 Å². The molecule has 29 heavy (non-hydrogen) atoms. The fourth-order valence-electron chi connectivity index (χ4n) is 3.75. The topological polar surface area (TPSA) is 39.7 Å². The molecule has 3 rings (SSSR count). The van der Waals surface area contributed by atoms with Crippen molar-refractivity contribution < 1.29 is 14.2 Å². The first-order chi connectivity index (χ1) is 14.0. The first kappa shape index (κ1) is 21.4. The molecule has 1 aliphatic heterocycles. The van der Waals surface area contributed by atoms with Crippen molar-refractivity contribution in [1.29, 1.82) is 0 Å². The molecule has 0 amide bonds. The zero-order valence-corrected chi connectivity index (χ0v) is 18.2. The molecule has 2 aromatic rings. The highest BCUT2D eigenvalue weighted by Crippen LogP contribution is 2.44. The zero-order valence-electron chi connectivity index (χ0n) is 18.2. The van der Waals surface area contributed by atoms with Crippen LogP contribution in [-0.4, -0.2) is 24.9 Å². The van der Waals surface area contributed by atoms with Gasteiger partial charge in [0.2, 0.25) is 0 Å². The minimum absolute atomic E-state index is 0.177. The van der Waals surface area contributed by atoms with E-state index in [-0.39, 0.29) is 12.2 Å². The van der Waals surface area contributed by atoms with Crippen LogP contribution in [0.2, 0.25) is 0 Å². The summed E-state index contributed by atoms with van der Waals surface area (Å²) in [6, 6.07) is 14.7. The maximum Gasteiger partial charge on any atom is 0.132 e. The van der Waals surface area contributed by atoms with Gasteiger partial charge in [-0.15, -0.1) is 0 Å². The minimum atomic E-state index is -0.482. The fourth-order valence-corrected chi connectivity index (χ4v) is 3.75. The molecular weight excluding hydrogens is 362 g/mol. The Hall–Kier alpha value is -2.30. The molecule has 2 unspecified atom stereocenters. The Morgan fingerprint density at radius 1 is 1.14 bits per heavy atom. The average Bonchev–Trinajstić information content (AvgIpc) is 2.69. The third-order valence-electron chi connectivity index (χ3n) is 5.35. The van der Waals surface area contributed by atoms with Crippen LogP contribution >= 0.6 is 0 Å². The predicted molar refractivity (Wildman–Crippen MR) is 119 cm³/mol. The Morgan fingerprint density at radius 2 is 1.93 bits per heavy atom. The Kier molecular flexibility index (Phi) is 6.99. The Balaban J connectivity index is 1.85. The lowest BCUT2D eigenvalue weighted by Gasteiger charge is -2.44. The first-order valence-electron chi connectivity index (χ1n) is 10.4. The van der Waals surface area contributed by atoms with Crippen LogP contribution in [0.15, 0.2) is 54.6 Å². The predicted octanol–water partition coefficient (Wildman–Crippen LogP) is 5.82. The molecule has 0 saturated heterocycles. The molecule has 4 nitrogen and oxygen atoms in total. The number of rotatable bonds is 8. The molecule has 2 atom stereocenters. The molecule has 4 heteroatoms. The van der Waals surface area contributed by atoms with E-state index < -0.39 is 5.60 Å². The van der Waals surface area contributed by atoms with Gasteiger partial charge in [0.1, 0.15) is 23.6 Å². The first-order valence-corrected chi connectivity index (χ1v) is 10.4. The van der Waals surface area contributed by atoms with E-state index in [4.69, 9.17) is 14.2 Å². The smallest absolute Gasteiger partial charge is 0.132 e. The van der Waals surface area contributed by atoms with Gasteiger partial charge in [0.25, 0.3) is 0 Å². The third-order valence-corrected chi connectivity index (χ3v) is 5.35. The molecule has 1 aliphatic rings. The summed E-state index contributed by atoms with van der Waals surface area (Å²) in [5.74, 6) is 0.862. The van der Waals surface area contributed by atoms with Crippen LogP contribution in [0.25, 0.3) is 0 Å². The molecule has 1 N–H and O–H groups in total. The number of nitrogens with one attached hydrogen (secondary N) is 1. The highest BCUT2D eigenvalue weighted by Gasteiger charge is 2.45. The number of fused-ring (bicyclic) bond motifs is 1. The molecule has 0 spiro atoms. The summed E-state index contributed by atoms with van der Waals surface area (Å²) >= 11 is 0. The van der Waals surface area contributed by atoms with Crippen molar-refractivity contribution in [2.24, 2.45) is 0 Å². The van der Waals surface area contributed by atoms with E-state index in [0.717, 1.165) is 23.5 Å². The molecule has 2 aromatic carbocycles. The van der Waals surface area contributed by atoms with E-state index >= 15 is 0 Å². The standard InChI is InChI=1S/C25H33NO3/c1-6-8-15-28-24-23(27-7-2)21-16-20(13-14-22(21)29-25(24,4)5)26-17-19-12-10-9-11-18(19)3/h6,8-14,16,23-24,26H,7,15,17H2,1-5H3/b8-6+. The number of benzene rings is 2. The number of hydrogen-bond donors (Lipinski definition) is 1. The van der Waals surface area contributed by atoms with E-state index in [0.29, 0.717) is 13.2 Å². The Morgan fingerprint density at radius 3 is 2.66 bits per heavy atom. The summed E-state index contributed by atoms with van der Waals surface area (Å²) in [4.78, 5) is 0. The minimum Gasteiger partial charge on any atom is -0.485 e. The molecule has 0 radical (unpaired) electrons. The van der Waals surface area contributed by atoms with Crippen molar-refractivity contribution in [3.05, 3.63) is 71.3 Å². The lowest BCUT2D eigenvalue weighted by molar-refractivity contribution is -0.155. The zero-order chi connectivity index (χ0) is 20.9. The van der Waals surface area contributed by atoms with Gasteiger partial charge in [0.15, 0.2) is 0 Å².